The highest BCUT2D eigenvalue weighted by molar-refractivity contribution is 6.31. The van der Waals surface area contributed by atoms with Crippen molar-refractivity contribution in [2.24, 2.45) is 0 Å². The SMILES string of the molecule is Fc1ccc(C/C=C/c2ccc(Cl)cc2)c(Cl)c1. The molecule has 0 unspecified atom stereocenters. The fraction of sp³-hybridized carbons (Fsp3) is 0.0667. The first-order valence-corrected chi connectivity index (χ1v) is 6.27. The van der Waals surface area contributed by atoms with Crippen LogP contribution in [-0.4, -0.2) is 0 Å². The second kappa shape index (κ2) is 6.03. The van der Waals surface area contributed by atoms with Crippen LogP contribution in [0.5, 0.6) is 0 Å². The third kappa shape index (κ3) is 3.59. The van der Waals surface area contributed by atoms with E-state index >= 15 is 0 Å². The van der Waals surface area contributed by atoms with Crippen LogP contribution in [0, 0.1) is 5.82 Å². The normalized spacial score (nSPS) is 11.1. The summed E-state index contributed by atoms with van der Waals surface area (Å²) < 4.78 is 12.9. The van der Waals surface area contributed by atoms with E-state index in [1.54, 1.807) is 6.07 Å². The molecule has 2 aromatic carbocycles. The third-order valence-electron chi connectivity index (χ3n) is 2.53. The van der Waals surface area contributed by atoms with Crippen LogP contribution in [0.3, 0.4) is 0 Å². The summed E-state index contributed by atoms with van der Waals surface area (Å²) >= 11 is 11.7. The van der Waals surface area contributed by atoms with Crippen LogP contribution in [-0.2, 0) is 6.42 Å². The Balaban J connectivity index is 2.05. The Morgan fingerprint density at radius 3 is 2.39 bits per heavy atom. The van der Waals surface area contributed by atoms with Crippen LogP contribution in [0.4, 0.5) is 4.39 Å². The highest BCUT2D eigenvalue weighted by atomic mass is 35.5. The Morgan fingerprint density at radius 1 is 1.00 bits per heavy atom. The standard InChI is InChI=1S/C15H11Cl2F/c16-13-7-4-11(5-8-13)2-1-3-12-6-9-14(18)10-15(12)17/h1-2,4-10H,3H2/b2-1+. The van der Waals surface area contributed by atoms with Crippen molar-refractivity contribution >= 4 is 29.3 Å². The van der Waals surface area contributed by atoms with Crippen molar-refractivity contribution in [3.63, 3.8) is 0 Å². The van der Waals surface area contributed by atoms with Gasteiger partial charge in [-0.05, 0) is 41.8 Å². The van der Waals surface area contributed by atoms with Gasteiger partial charge in [0, 0.05) is 10.0 Å². The van der Waals surface area contributed by atoms with Crippen LogP contribution < -0.4 is 0 Å². The fourth-order valence-corrected chi connectivity index (χ4v) is 1.95. The van der Waals surface area contributed by atoms with Crippen molar-refractivity contribution in [1.29, 1.82) is 0 Å². The largest absolute Gasteiger partial charge is 0.207 e. The third-order valence-corrected chi connectivity index (χ3v) is 3.14. The molecule has 0 spiro atoms. The summed E-state index contributed by atoms with van der Waals surface area (Å²) in [5.74, 6) is -0.314. The summed E-state index contributed by atoms with van der Waals surface area (Å²) in [5, 5.41) is 1.17. The summed E-state index contributed by atoms with van der Waals surface area (Å²) in [6.45, 7) is 0. The van der Waals surface area contributed by atoms with Gasteiger partial charge in [-0.25, -0.2) is 4.39 Å². The lowest BCUT2D eigenvalue weighted by atomic mass is 10.1. The molecule has 2 aromatic rings. The van der Waals surface area contributed by atoms with Gasteiger partial charge in [0.1, 0.15) is 5.82 Å². The molecule has 0 atom stereocenters. The van der Waals surface area contributed by atoms with Gasteiger partial charge >= 0.3 is 0 Å². The first-order valence-electron chi connectivity index (χ1n) is 5.51. The zero-order chi connectivity index (χ0) is 13.0. The van der Waals surface area contributed by atoms with Gasteiger partial charge in [0.05, 0.1) is 0 Å². The maximum Gasteiger partial charge on any atom is 0.124 e. The number of benzene rings is 2. The first kappa shape index (κ1) is 13.1. The van der Waals surface area contributed by atoms with Gasteiger partial charge < -0.3 is 0 Å². The molecule has 0 aliphatic carbocycles. The molecular weight excluding hydrogens is 270 g/mol. The summed E-state index contributed by atoms with van der Waals surface area (Å²) in [6, 6.07) is 12.0. The zero-order valence-electron chi connectivity index (χ0n) is 9.54. The lowest BCUT2D eigenvalue weighted by Gasteiger charge is -2.00. The molecule has 92 valence electrons. The highest BCUT2D eigenvalue weighted by Crippen LogP contribution is 2.18. The lowest BCUT2D eigenvalue weighted by molar-refractivity contribution is 0.627. The fourth-order valence-electron chi connectivity index (χ4n) is 1.58. The van der Waals surface area contributed by atoms with Gasteiger partial charge in [0.15, 0.2) is 0 Å². The van der Waals surface area contributed by atoms with E-state index in [0.29, 0.717) is 16.5 Å². The lowest BCUT2D eigenvalue weighted by Crippen LogP contribution is -1.84. The second-order valence-corrected chi connectivity index (χ2v) is 4.74. The van der Waals surface area contributed by atoms with Crippen molar-refractivity contribution in [1.82, 2.24) is 0 Å². The second-order valence-electron chi connectivity index (χ2n) is 3.89. The van der Waals surface area contributed by atoms with E-state index in [9.17, 15) is 4.39 Å². The Hall–Kier alpha value is -1.31. The molecule has 0 saturated heterocycles. The van der Waals surface area contributed by atoms with E-state index in [4.69, 9.17) is 23.2 Å². The van der Waals surface area contributed by atoms with Crippen molar-refractivity contribution in [2.75, 3.05) is 0 Å². The van der Waals surface area contributed by atoms with E-state index in [1.807, 2.05) is 36.4 Å². The minimum Gasteiger partial charge on any atom is -0.207 e. The predicted molar refractivity (Wildman–Crippen MR) is 75.6 cm³/mol. The summed E-state index contributed by atoms with van der Waals surface area (Å²) in [4.78, 5) is 0. The van der Waals surface area contributed by atoms with Crippen LogP contribution in [0.15, 0.2) is 48.5 Å². The number of halogens is 3. The molecule has 0 saturated carbocycles. The van der Waals surface area contributed by atoms with Gasteiger partial charge in [0.2, 0.25) is 0 Å². The quantitative estimate of drug-likeness (QED) is 0.707. The number of hydrogen-bond acceptors (Lipinski definition) is 0. The molecule has 18 heavy (non-hydrogen) atoms. The van der Waals surface area contributed by atoms with Crippen LogP contribution in [0.1, 0.15) is 11.1 Å². The van der Waals surface area contributed by atoms with Gasteiger partial charge in [-0.1, -0.05) is 53.6 Å². The molecule has 0 N–H and O–H groups in total. The van der Waals surface area contributed by atoms with Crippen molar-refractivity contribution < 1.29 is 4.39 Å². The summed E-state index contributed by atoms with van der Waals surface area (Å²) in [6.07, 6.45) is 4.64. The highest BCUT2D eigenvalue weighted by Gasteiger charge is 1.99. The van der Waals surface area contributed by atoms with Gasteiger partial charge in [-0.2, -0.15) is 0 Å². The van der Waals surface area contributed by atoms with E-state index in [2.05, 4.69) is 0 Å². The summed E-state index contributed by atoms with van der Waals surface area (Å²) in [5.41, 5.74) is 1.97. The molecule has 0 radical (unpaired) electrons. The van der Waals surface area contributed by atoms with E-state index in [0.717, 1.165) is 11.1 Å². The van der Waals surface area contributed by atoms with E-state index < -0.39 is 0 Å². The Bertz CT molecular complexity index is 559. The molecule has 0 heterocycles. The van der Waals surface area contributed by atoms with Gasteiger partial charge in [0.25, 0.3) is 0 Å². The molecule has 0 aliphatic heterocycles. The Labute approximate surface area is 116 Å². The van der Waals surface area contributed by atoms with Crippen molar-refractivity contribution in [3.8, 4) is 0 Å². The van der Waals surface area contributed by atoms with Gasteiger partial charge in [-0.3, -0.25) is 0 Å². The topological polar surface area (TPSA) is 0 Å². The molecule has 0 bridgehead atoms. The minimum absolute atomic E-state index is 0.314. The summed E-state index contributed by atoms with van der Waals surface area (Å²) in [7, 11) is 0. The van der Waals surface area contributed by atoms with Gasteiger partial charge in [-0.15, -0.1) is 0 Å². The van der Waals surface area contributed by atoms with Crippen LogP contribution in [0.2, 0.25) is 10.0 Å². The number of rotatable bonds is 3. The molecule has 0 aliphatic rings. The molecule has 3 heteroatoms. The monoisotopic (exact) mass is 280 g/mol. The van der Waals surface area contributed by atoms with Crippen molar-refractivity contribution in [2.45, 2.75) is 6.42 Å². The molecular formula is C15H11Cl2F. The molecule has 0 nitrogen and oxygen atoms in total. The molecule has 2 rings (SSSR count). The maximum atomic E-state index is 12.9. The van der Waals surface area contributed by atoms with Crippen LogP contribution in [0.25, 0.3) is 6.08 Å². The Morgan fingerprint density at radius 2 is 1.72 bits per heavy atom. The molecule has 0 amide bonds. The minimum atomic E-state index is -0.314. The Kier molecular flexibility index (Phi) is 4.40. The first-order chi connectivity index (χ1) is 8.65. The average Bonchev–Trinajstić information content (AvgIpc) is 2.34. The number of hydrogen-bond donors (Lipinski definition) is 0. The van der Waals surface area contributed by atoms with Crippen LogP contribution >= 0.6 is 23.2 Å². The van der Waals surface area contributed by atoms with Crippen molar-refractivity contribution in [3.05, 3.63) is 75.5 Å². The maximum absolute atomic E-state index is 12.9. The predicted octanol–water partition coefficient (Wildman–Crippen LogP) is 5.39. The van der Waals surface area contributed by atoms with E-state index in [-0.39, 0.29) is 5.82 Å². The molecule has 0 fully saturated rings. The smallest absolute Gasteiger partial charge is 0.124 e. The zero-order valence-corrected chi connectivity index (χ0v) is 11.0. The number of allylic oxidation sites excluding steroid dienone is 1. The average molecular weight is 281 g/mol. The van der Waals surface area contributed by atoms with E-state index in [1.165, 1.54) is 12.1 Å². The molecule has 0 aromatic heterocycles.